The molecule has 2 fully saturated rings. The van der Waals surface area contributed by atoms with Crippen molar-refractivity contribution < 1.29 is 32.7 Å². The molecule has 3 amide bonds. The van der Waals surface area contributed by atoms with E-state index in [2.05, 4.69) is 5.32 Å². The average molecular weight is 688 g/mol. The molecule has 0 aromatic heterocycles. The molecule has 1 heterocycles. The number of carbonyl (C=O) groups excluding carboxylic acids is 3. The smallest absolute Gasteiger partial charge is 0.326 e. The second-order valence-electron chi connectivity index (χ2n) is 13.4. The zero-order chi connectivity index (χ0) is 35.2. The first kappa shape index (κ1) is 35.8. The molecule has 2 N–H and O–H groups in total. The highest BCUT2D eigenvalue weighted by Gasteiger charge is 2.48. The van der Waals surface area contributed by atoms with Gasteiger partial charge in [-0.3, -0.25) is 19.3 Å². The van der Waals surface area contributed by atoms with Gasteiger partial charge >= 0.3 is 5.97 Å². The summed E-state index contributed by atoms with van der Waals surface area (Å²) in [6.07, 6.45) is 5.51. The van der Waals surface area contributed by atoms with Crippen LogP contribution in [0.25, 0.3) is 0 Å². The number of sulfone groups is 1. The monoisotopic (exact) mass is 687 g/mol. The first-order chi connectivity index (χ1) is 23.4. The average Bonchev–Trinajstić information content (AvgIpc) is 3.67. The van der Waals surface area contributed by atoms with Crippen molar-refractivity contribution in [2.75, 3.05) is 16.9 Å². The third kappa shape index (κ3) is 8.57. The maximum absolute atomic E-state index is 14.2. The Bertz CT molecular complexity index is 1740. The SMILES string of the molecule is CC(=O)N1C(c2ccccc2)N(c2ccc(C[C@H](NC(=O)C3(CCCCS(C)(=O)=O)CCCC3)C(=O)O)cc2)C(=O)[C@H]1Cc1ccccc1. The number of hydrogen-bond donors (Lipinski definition) is 2. The van der Waals surface area contributed by atoms with E-state index in [1.54, 1.807) is 34.1 Å². The van der Waals surface area contributed by atoms with Gasteiger partial charge < -0.3 is 15.3 Å². The maximum atomic E-state index is 14.2. The summed E-state index contributed by atoms with van der Waals surface area (Å²) in [5, 5.41) is 12.9. The van der Waals surface area contributed by atoms with Gasteiger partial charge in [0, 0.05) is 42.9 Å². The van der Waals surface area contributed by atoms with Crippen LogP contribution in [-0.2, 0) is 41.9 Å². The largest absolute Gasteiger partial charge is 0.480 e. The summed E-state index contributed by atoms with van der Waals surface area (Å²) in [4.78, 5) is 56.5. The maximum Gasteiger partial charge on any atom is 0.326 e. The molecule has 1 aliphatic carbocycles. The molecular weight excluding hydrogens is 642 g/mol. The topological polar surface area (TPSA) is 141 Å². The zero-order valence-electron chi connectivity index (χ0n) is 28.1. The van der Waals surface area contributed by atoms with Gasteiger partial charge in [0.25, 0.3) is 5.91 Å². The molecule has 0 bridgehead atoms. The van der Waals surface area contributed by atoms with E-state index < -0.39 is 39.5 Å². The Labute approximate surface area is 288 Å². The second kappa shape index (κ2) is 15.4. The number of nitrogens with zero attached hydrogens (tertiary/aromatic N) is 2. The predicted octanol–water partition coefficient (Wildman–Crippen LogP) is 5.08. The van der Waals surface area contributed by atoms with Gasteiger partial charge in [-0.2, -0.15) is 0 Å². The summed E-state index contributed by atoms with van der Waals surface area (Å²) < 4.78 is 23.1. The fourth-order valence-electron chi connectivity index (χ4n) is 7.32. The quantitative estimate of drug-likeness (QED) is 0.225. The summed E-state index contributed by atoms with van der Waals surface area (Å²) in [5.41, 5.74) is 2.26. The van der Waals surface area contributed by atoms with Crippen LogP contribution in [-0.4, -0.2) is 66.2 Å². The number of nitrogens with one attached hydrogen (secondary N) is 1. The van der Waals surface area contributed by atoms with Gasteiger partial charge in [0.05, 0.1) is 0 Å². The molecule has 11 heteroatoms. The number of unbranched alkanes of at least 4 members (excludes halogenated alkanes) is 1. The van der Waals surface area contributed by atoms with E-state index in [4.69, 9.17) is 0 Å². The Kier molecular flexibility index (Phi) is 11.2. The molecule has 10 nitrogen and oxygen atoms in total. The summed E-state index contributed by atoms with van der Waals surface area (Å²) in [6.45, 7) is 1.47. The fraction of sp³-hybridized carbons (Fsp3) is 0.421. The number of carbonyl (C=O) groups is 4. The molecule has 1 saturated heterocycles. The predicted molar refractivity (Wildman–Crippen MR) is 187 cm³/mol. The van der Waals surface area contributed by atoms with Crippen molar-refractivity contribution in [1.29, 1.82) is 0 Å². The van der Waals surface area contributed by atoms with Crippen molar-refractivity contribution in [1.82, 2.24) is 10.2 Å². The van der Waals surface area contributed by atoms with Gasteiger partial charge in [-0.05, 0) is 54.5 Å². The summed E-state index contributed by atoms with van der Waals surface area (Å²) in [7, 11) is -3.09. The van der Waals surface area contributed by atoms with Crippen LogP contribution >= 0.6 is 0 Å². The van der Waals surface area contributed by atoms with Crippen molar-refractivity contribution in [2.45, 2.75) is 83.0 Å². The van der Waals surface area contributed by atoms with Crippen LogP contribution in [0.3, 0.4) is 0 Å². The number of hydrogen-bond acceptors (Lipinski definition) is 6. The normalized spacial score (nSPS) is 19.5. The van der Waals surface area contributed by atoms with Crippen LogP contribution in [0.5, 0.6) is 0 Å². The third-order valence-corrected chi connectivity index (χ3v) is 10.9. The Morgan fingerprint density at radius 1 is 0.898 bits per heavy atom. The highest BCUT2D eigenvalue weighted by molar-refractivity contribution is 7.90. The molecule has 3 aromatic carbocycles. The van der Waals surface area contributed by atoms with Crippen molar-refractivity contribution in [3.05, 3.63) is 102 Å². The van der Waals surface area contributed by atoms with Crippen LogP contribution in [0.15, 0.2) is 84.9 Å². The number of anilines is 1. The third-order valence-electron chi connectivity index (χ3n) is 9.82. The van der Waals surface area contributed by atoms with E-state index in [1.165, 1.54) is 13.2 Å². The molecule has 1 aliphatic heterocycles. The van der Waals surface area contributed by atoms with Gasteiger partial charge in [0.1, 0.15) is 28.1 Å². The number of carboxylic acids is 1. The molecule has 3 atom stereocenters. The lowest BCUT2D eigenvalue weighted by molar-refractivity contribution is -0.144. The lowest BCUT2D eigenvalue weighted by atomic mass is 9.80. The number of carboxylic acid groups (broad SMARTS) is 1. The van der Waals surface area contributed by atoms with Crippen molar-refractivity contribution in [3.63, 3.8) is 0 Å². The van der Waals surface area contributed by atoms with Gasteiger partial charge in [-0.1, -0.05) is 92.1 Å². The van der Waals surface area contributed by atoms with Crippen LogP contribution < -0.4 is 10.2 Å². The molecule has 1 saturated carbocycles. The standard InChI is InChI=1S/C38H45N3O7S/c1-27(42)40-33(26-28-13-5-3-6-14-28)35(43)41(34(40)30-15-7-4-8-16-30)31-19-17-29(18-20-31)25-32(36(44)45)39-37(46)38(21-9-10-22-38)23-11-12-24-49(2,47)48/h3-8,13-20,32-34H,9-12,21-26H2,1-2H3,(H,39,46)(H,44,45)/t32-,33+,34?/m0/s1. The molecular formula is C38H45N3O7S. The lowest BCUT2D eigenvalue weighted by Crippen LogP contribution is -2.48. The van der Waals surface area contributed by atoms with Crippen molar-refractivity contribution in [2.24, 2.45) is 5.41 Å². The summed E-state index contributed by atoms with van der Waals surface area (Å²) in [5.74, 6) is -1.82. The lowest BCUT2D eigenvalue weighted by Gasteiger charge is -2.31. The van der Waals surface area contributed by atoms with E-state index >= 15 is 0 Å². The van der Waals surface area contributed by atoms with Crippen molar-refractivity contribution >= 4 is 39.2 Å². The van der Waals surface area contributed by atoms with Crippen molar-refractivity contribution in [3.8, 4) is 0 Å². The van der Waals surface area contributed by atoms with E-state index in [9.17, 15) is 32.7 Å². The van der Waals surface area contributed by atoms with Crippen LogP contribution in [0.4, 0.5) is 5.69 Å². The Hall–Kier alpha value is -4.51. The molecule has 260 valence electrons. The molecule has 0 spiro atoms. The summed E-state index contributed by atoms with van der Waals surface area (Å²) in [6, 6.07) is 24.1. The van der Waals surface area contributed by atoms with E-state index in [-0.39, 0.29) is 29.9 Å². The number of rotatable bonds is 14. The van der Waals surface area contributed by atoms with E-state index in [0.717, 1.165) is 24.0 Å². The Balaban J connectivity index is 1.35. The zero-order valence-corrected chi connectivity index (χ0v) is 28.9. The number of benzene rings is 3. The highest BCUT2D eigenvalue weighted by Crippen LogP contribution is 2.43. The molecule has 5 rings (SSSR count). The fourth-order valence-corrected chi connectivity index (χ4v) is 8.05. The number of aliphatic carboxylic acids is 1. The van der Waals surface area contributed by atoms with Gasteiger partial charge in [0.2, 0.25) is 11.8 Å². The van der Waals surface area contributed by atoms with Crippen LogP contribution in [0.2, 0.25) is 0 Å². The number of amides is 3. The van der Waals surface area contributed by atoms with Crippen LogP contribution in [0.1, 0.15) is 74.7 Å². The minimum atomic E-state index is -3.09. The molecule has 2 aliphatic rings. The molecule has 1 unspecified atom stereocenters. The van der Waals surface area contributed by atoms with E-state index in [0.29, 0.717) is 49.8 Å². The summed E-state index contributed by atoms with van der Waals surface area (Å²) >= 11 is 0. The van der Waals surface area contributed by atoms with Crippen LogP contribution in [0, 0.1) is 5.41 Å². The first-order valence-corrected chi connectivity index (χ1v) is 19.0. The van der Waals surface area contributed by atoms with Gasteiger partial charge in [-0.25, -0.2) is 13.2 Å². The molecule has 0 radical (unpaired) electrons. The second-order valence-corrected chi connectivity index (χ2v) is 15.7. The highest BCUT2D eigenvalue weighted by atomic mass is 32.2. The Morgan fingerprint density at radius 2 is 1.51 bits per heavy atom. The molecule has 49 heavy (non-hydrogen) atoms. The van der Waals surface area contributed by atoms with Gasteiger partial charge in [0.15, 0.2) is 0 Å². The molecule has 3 aromatic rings. The van der Waals surface area contributed by atoms with Gasteiger partial charge in [-0.15, -0.1) is 0 Å². The minimum absolute atomic E-state index is 0.0395. The first-order valence-electron chi connectivity index (χ1n) is 16.9. The minimum Gasteiger partial charge on any atom is -0.480 e. The Morgan fingerprint density at radius 3 is 2.08 bits per heavy atom. The van der Waals surface area contributed by atoms with E-state index in [1.807, 2.05) is 60.7 Å².